The Kier molecular flexibility index (Phi) is 5.58. The first-order valence-electron chi connectivity index (χ1n) is 10.4. The first kappa shape index (κ1) is 20.8. The van der Waals surface area contributed by atoms with Crippen molar-refractivity contribution < 1.29 is 4.74 Å². The summed E-state index contributed by atoms with van der Waals surface area (Å²) in [5.41, 5.74) is 3.57. The molecule has 8 nitrogen and oxygen atoms in total. The van der Waals surface area contributed by atoms with Crippen molar-refractivity contribution >= 4 is 22.5 Å². The van der Waals surface area contributed by atoms with Crippen LogP contribution in [0.1, 0.15) is 12.6 Å². The summed E-state index contributed by atoms with van der Waals surface area (Å²) >= 11 is 5.89. The molecule has 4 heterocycles. The number of pyridine rings is 2. The molecule has 5 rings (SSSR count). The lowest BCUT2D eigenvalue weighted by molar-refractivity contribution is 0.298. The Morgan fingerprint density at radius 2 is 1.88 bits per heavy atom. The van der Waals surface area contributed by atoms with Crippen LogP contribution in [0.2, 0.25) is 5.15 Å². The van der Waals surface area contributed by atoms with Crippen molar-refractivity contribution in [1.82, 2.24) is 29.5 Å². The van der Waals surface area contributed by atoms with Crippen molar-refractivity contribution in [3.05, 3.63) is 94.5 Å². The van der Waals surface area contributed by atoms with E-state index >= 15 is 0 Å². The third-order valence-corrected chi connectivity index (χ3v) is 5.40. The molecule has 0 radical (unpaired) electrons. The molecule has 9 heteroatoms. The highest BCUT2D eigenvalue weighted by molar-refractivity contribution is 6.29. The number of aryl methyl sites for hydroxylation is 1. The zero-order chi connectivity index (χ0) is 22.8. The highest BCUT2D eigenvalue weighted by Gasteiger charge is 2.08. The van der Waals surface area contributed by atoms with Crippen LogP contribution in [0.3, 0.4) is 0 Å². The van der Waals surface area contributed by atoms with Gasteiger partial charge in [-0.2, -0.15) is 10.2 Å². The van der Waals surface area contributed by atoms with Crippen LogP contribution in [0.15, 0.2) is 78.2 Å². The second kappa shape index (κ2) is 8.84. The van der Waals surface area contributed by atoms with Crippen molar-refractivity contribution in [1.29, 1.82) is 0 Å². The van der Waals surface area contributed by atoms with E-state index in [-0.39, 0.29) is 12.0 Å². The number of hydrogen-bond donors (Lipinski definition) is 0. The molecule has 0 aliphatic heterocycles. The standard InChI is InChI=1S/C24H19ClN6O2/c1-2-30-14-19(13-28-30)31-8-7-23(32)22(29-31)15-33-20-4-5-21-17(10-20)9-18(12-26-21)16-3-6-24(25)27-11-16/h3-14H,2,15H2,1H3. The first-order chi connectivity index (χ1) is 16.1. The van der Waals surface area contributed by atoms with Crippen molar-refractivity contribution in [2.45, 2.75) is 20.1 Å². The molecule has 0 fully saturated rings. The van der Waals surface area contributed by atoms with Crippen LogP contribution in [0, 0.1) is 0 Å². The number of hydrogen-bond acceptors (Lipinski definition) is 6. The molecule has 0 spiro atoms. The minimum absolute atomic E-state index is 0.0430. The SMILES string of the molecule is CCn1cc(-n2ccc(=O)c(COc3ccc4ncc(-c5ccc(Cl)nc5)cc4c3)n2)cn1. The third-order valence-electron chi connectivity index (χ3n) is 5.18. The number of aromatic nitrogens is 6. The molecule has 33 heavy (non-hydrogen) atoms. The molecule has 0 N–H and O–H groups in total. The van der Waals surface area contributed by atoms with E-state index in [0.29, 0.717) is 16.6 Å². The van der Waals surface area contributed by atoms with Gasteiger partial charge in [0.2, 0.25) is 5.43 Å². The average molecular weight is 459 g/mol. The van der Waals surface area contributed by atoms with E-state index in [9.17, 15) is 4.79 Å². The molecule has 0 saturated heterocycles. The zero-order valence-electron chi connectivity index (χ0n) is 17.7. The lowest BCUT2D eigenvalue weighted by atomic mass is 10.1. The quantitative estimate of drug-likeness (QED) is 0.353. The van der Waals surface area contributed by atoms with Gasteiger partial charge >= 0.3 is 0 Å². The van der Waals surface area contributed by atoms with Crippen molar-refractivity contribution in [2.24, 2.45) is 0 Å². The fraction of sp³-hybridized carbons (Fsp3) is 0.125. The molecular weight excluding hydrogens is 440 g/mol. The summed E-state index contributed by atoms with van der Waals surface area (Å²) in [5, 5.41) is 10.0. The van der Waals surface area contributed by atoms with E-state index in [1.54, 1.807) is 40.2 Å². The Bertz CT molecular complexity index is 1490. The van der Waals surface area contributed by atoms with Gasteiger partial charge in [-0.25, -0.2) is 9.67 Å². The van der Waals surface area contributed by atoms with Crippen LogP contribution >= 0.6 is 11.6 Å². The number of halogens is 1. The van der Waals surface area contributed by atoms with Gasteiger partial charge in [0.25, 0.3) is 0 Å². The highest BCUT2D eigenvalue weighted by Crippen LogP contribution is 2.26. The number of nitrogens with zero attached hydrogens (tertiary/aromatic N) is 6. The monoisotopic (exact) mass is 458 g/mol. The van der Waals surface area contributed by atoms with Crippen LogP contribution in [-0.2, 0) is 13.2 Å². The van der Waals surface area contributed by atoms with Gasteiger partial charge in [0.1, 0.15) is 28.9 Å². The molecule has 164 valence electrons. The normalized spacial score (nSPS) is 11.1. The Balaban J connectivity index is 1.38. The largest absolute Gasteiger partial charge is 0.487 e. The molecule has 0 amide bonds. The van der Waals surface area contributed by atoms with Crippen molar-refractivity contribution in [2.75, 3.05) is 0 Å². The Hall–Kier alpha value is -4.04. The number of fused-ring (bicyclic) bond motifs is 1. The molecule has 1 aromatic carbocycles. The summed E-state index contributed by atoms with van der Waals surface area (Å²) in [6.07, 6.45) is 8.70. The minimum atomic E-state index is -0.186. The summed E-state index contributed by atoms with van der Waals surface area (Å²) < 4.78 is 9.32. The molecule has 0 aliphatic carbocycles. The summed E-state index contributed by atoms with van der Waals surface area (Å²) in [6, 6.07) is 12.7. The van der Waals surface area contributed by atoms with E-state index < -0.39 is 0 Å². The number of rotatable bonds is 6. The van der Waals surface area contributed by atoms with Crippen LogP contribution in [0.25, 0.3) is 27.7 Å². The van der Waals surface area contributed by atoms with Crippen molar-refractivity contribution in [3.8, 4) is 22.6 Å². The smallest absolute Gasteiger partial charge is 0.206 e. The molecule has 4 aromatic heterocycles. The summed E-state index contributed by atoms with van der Waals surface area (Å²) in [5.74, 6) is 0.617. The van der Waals surface area contributed by atoms with E-state index in [1.807, 2.05) is 43.5 Å². The highest BCUT2D eigenvalue weighted by atomic mass is 35.5. The molecule has 0 aliphatic rings. The number of benzene rings is 1. The maximum absolute atomic E-state index is 12.3. The average Bonchev–Trinajstić information content (AvgIpc) is 3.33. The van der Waals surface area contributed by atoms with Crippen LogP contribution < -0.4 is 10.2 Å². The van der Waals surface area contributed by atoms with Crippen LogP contribution in [-0.4, -0.2) is 29.5 Å². The summed E-state index contributed by atoms with van der Waals surface area (Å²) in [4.78, 5) is 21.0. The Morgan fingerprint density at radius 1 is 1.00 bits per heavy atom. The lowest BCUT2D eigenvalue weighted by Crippen LogP contribution is -2.17. The van der Waals surface area contributed by atoms with E-state index in [4.69, 9.17) is 16.3 Å². The fourth-order valence-electron chi connectivity index (χ4n) is 3.39. The van der Waals surface area contributed by atoms with Gasteiger partial charge in [0.05, 0.1) is 17.9 Å². The zero-order valence-corrected chi connectivity index (χ0v) is 18.5. The summed E-state index contributed by atoms with van der Waals surface area (Å²) in [7, 11) is 0. The van der Waals surface area contributed by atoms with Gasteiger partial charge < -0.3 is 4.74 Å². The first-order valence-corrected chi connectivity index (χ1v) is 10.7. The minimum Gasteiger partial charge on any atom is -0.487 e. The lowest BCUT2D eigenvalue weighted by Gasteiger charge is -2.09. The van der Waals surface area contributed by atoms with E-state index in [1.165, 1.54) is 6.07 Å². The third kappa shape index (κ3) is 4.47. The van der Waals surface area contributed by atoms with Gasteiger partial charge in [-0.05, 0) is 43.3 Å². The van der Waals surface area contributed by atoms with Crippen LogP contribution in [0.5, 0.6) is 5.75 Å². The predicted octanol–water partition coefficient (Wildman–Crippen LogP) is 4.29. The second-order valence-corrected chi connectivity index (χ2v) is 7.75. The molecular formula is C24H19ClN6O2. The van der Waals surface area contributed by atoms with Gasteiger partial charge in [0.15, 0.2) is 0 Å². The Labute approximate surface area is 194 Å². The Morgan fingerprint density at radius 3 is 2.67 bits per heavy atom. The molecule has 5 aromatic rings. The van der Waals surface area contributed by atoms with E-state index in [2.05, 4.69) is 20.2 Å². The van der Waals surface area contributed by atoms with Gasteiger partial charge in [0, 0.05) is 47.7 Å². The molecule has 0 unspecified atom stereocenters. The van der Waals surface area contributed by atoms with Crippen LogP contribution in [0.4, 0.5) is 0 Å². The number of ether oxygens (including phenoxy) is 1. The van der Waals surface area contributed by atoms with Gasteiger partial charge in [-0.15, -0.1) is 0 Å². The molecule has 0 atom stereocenters. The maximum atomic E-state index is 12.3. The van der Waals surface area contributed by atoms with Crippen molar-refractivity contribution in [3.63, 3.8) is 0 Å². The molecule has 0 saturated carbocycles. The molecule has 0 bridgehead atoms. The van der Waals surface area contributed by atoms with Gasteiger partial charge in [-0.3, -0.25) is 14.5 Å². The second-order valence-electron chi connectivity index (χ2n) is 7.36. The topological polar surface area (TPSA) is 87.7 Å². The summed E-state index contributed by atoms with van der Waals surface area (Å²) in [6.45, 7) is 2.80. The van der Waals surface area contributed by atoms with E-state index in [0.717, 1.165) is 34.3 Å². The fourth-order valence-corrected chi connectivity index (χ4v) is 3.50. The predicted molar refractivity (Wildman–Crippen MR) is 126 cm³/mol. The maximum Gasteiger partial charge on any atom is 0.206 e. The van der Waals surface area contributed by atoms with Gasteiger partial charge in [-0.1, -0.05) is 11.6 Å².